The van der Waals surface area contributed by atoms with E-state index in [1.54, 1.807) is 30.3 Å². The van der Waals surface area contributed by atoms with Crippen LogP contribution in [-0.4, -0.2) is 25.8 Å². The van der Waals surface area contributed by atoms with Crippen LogP contribution in [0.15, 0.2) is 46.0 Å². The zero-order chi connectivity index (χ0) is 17.5. The molecule has 0 saturated carbocycles. The Morgan fingerprint density at radius 1 is 1.38 bits per heavy atom. The molecule has 0 spiro atoms. The van der Waals surface area contributed by atoms with Crippen LogP contribution in [0.2, 0.25) is 5.02 Å². The van der Waals surface area contributed by atoms with E-state index < -0.39 is 0 Å². The number of carbonyl (C=O) groups excluding carboxylic acids is 1. The number of nitrogens with zero attached hydrogens (tertiary/aromatic N) is 1. The van der Waals surface area contributed by atoms with Crippen molar-refractivity contribution in [2.45, 2.75) is 6.92 Å². The van der Waals surface area contributed by atoms with E-state index in [0.717, 1.165) is 4.47 Å². The van der Waals surface area contributed by atoms with Crippen LogP contribution in [0, 0.1) is 0 Å². The smallest absolute Gasteiger partial charge is 0.271 e. The van der Waals surface area contributed by atoms with Gasteiger partial charge in [0.1, 0.15) is 0 Å². The molecule has 0 atom stereocenters. The number of halogens is 2. The van der Waals surface area contributed by atoms with E-state index in [1.807, 2.05) is 13.0 Å². The van der Waals surface area contributed by atoms with Crippen molar-refractivity contribution < 1.29 is 14.3 Å². The van der Waals surface area contributed by atoms with E-state index in [4.69, 9.17) is 21.1 Å². The molecule has 2 rings (SSSR count). The molecule has 0 fully saturated rings. The van der Waals surface area contributed by atoms with Crippen molar-refractivity contribution in [1.29, 1.82) is 0 Å². The first kappa shape index (κ1) is 18.3. The third kappa shape index (κ3) is 4.72. The second-order valence-corrected chi connectivity index (χ2v) is 6.00. The number of hydrogen-bond donors (Lipinski definition) is 1. The molecule has 2 aromatic carbocycles. The third-order valence-corrected chi connectivity index (χ3v) is 3.78. The van der Waals surface area contributed by atoms with Crippen molar-refractivity contribution in [3.8, 4) is 11.5 Å². The zero-order valence-corrected chi connectivity index (χ0v) is 15.5. The summed E-state index contributed by atoms with van der Waals surface area (Å²) in [7, 11) is 1.53. The van der Waals surface area contributed by atoms with Gasteiger partial charge in [-0.2, -0.15) is 5.10 Å². The largest absolute Gasteiger partial charge is 0.493 e. The molecule has 7 heteroatoms. The first-order chi connectivity index (χ1) is 11.5. The van der Waals surface area contributed by atoms with Gasteiger partial charge in [0.25, 0.3) is 5.91 Å². The Morgan fingerprint density at radius 3 is 2.83 bits per heavy atom. The molecule has 24 heavy (non-hydrogen) atoms. The Morgan fingerprint density at radius 2 is 2.17 bits per heavy atom. The van der Waals surface area contributed by atoms with Crippen LogP contribution >= 0.6 is 27.5 Å². The molecule has 0 aromatic heterocycles. The van der Waals surface area contributed by atoms with Gasteiger partial charge in [-0.1, -0.05) is 33.6 Å². The van der Waals surface area contributed by atoms with Crippen LogP contribution in [0.5, 0.6) is 11.5 Å². The van der Waals surface area contributed by atoms with E-state index in [-0.39, 0.29) is 5.91 Å². The number of rotatable bonds is 6. The lowest BCUT2D eigenvalue weighted by Gasteiger charge is -2.11. The topological polar surface area (TPSA) is 59.9 Å². The number of hydrogen-bond acceptors (Lipinski definition) is 4. The first-order valence-corrected chi connectivity index (χ1v) is 8.31. The average Bonchev–Trinajstić information content (AvgIpc) is 2.57. The molecular formula is C17H16BrClN2O3. The predicted molar refractivity (Wildman–Crippen MR) is 98.4 cm³/mol. The lowest BCUT2D eigenvalue weighted by Crippen LogP contribution is -2.17. The van der Waals surface area contributed by atoms with Crippen molar-refractivity contribution in [2.24, 2.45) is 5.10 Å². The number of benzene rings is 2. The Bertz CT molecular complexity index is 765. The van der Waals surface area contributed by atoms with Crippen LogP contribution in [0.3, 0.4) is 0 Å². The highest BCUT2D eigenvalue weighted by Crippen LogP contribution is 2.35. The van der Waals surface area contributed by atoms with E-state index in [2.05, 4.69) is 26.5 Å². The number of carbonyl (C=O) groups is 1. The summed E-state index contributed by atoms with van der Waals surface area (Å²) in [5.74, 6) is 0.678. The quantitative estimate of drug-likeness (QED) is 0.570. The van der Waals surface area contributed by atoms with Crippen LogP contribution in [-0.2, 0) is 0 Å². The van der Waals surface area contributed by atoms with Crippen LogP contribution in [0.1, 0.15) is 22.8 Å². The Balaban J connectivity index is 2.11. The fraction of sp³-hybridized carbons (Fsp3) is 0.176. The summed E-state index contributed by atoms with van der Waals surface area (Å²) in [5, 5.41) is 4.36. The fourth-order valence-corrected chi connectivity index (χ4v) is 2.63. The van der Waals surface area contributed by atoms with Gasteiger partial charge >= 0.3 is 0 Å². The van der Waals surface area contributed by atoms with Crippen molar-refractivity contribution >= 4 is 39.7 Å². The lowest BCUT2D eigenvalue weighted by atomic mass is 10.2. The standard InChI is InChI=1S/C17H16BrClN2O3/c1-3-24-16-14(19)7-11(8-15(16)23-2)10-20-21-17(22)12-5-4-6-13(18)9-12/h4-10H,3H2,1-2H3,(H,21,22)/b20-10+. The number of ether oxygens (including phenoxy) is 2. The fourth-order valence-electron chi connectivity index (χ4n) is 1.96. The molecule has 2 aromatic rings. The minimum atomic E-state index is -0.309. The van der Waals surface area contributed by atoms with Crippen molar-refractivity contribution in [3.05, 3.63) is 57.0 Å². The number of hydrazone groups is 1. The second kappa shape index (κ2) is 8.70. The molecule has 0 radical (unpaired) electrons. The Kier molecular flexibility index (Phi) is 6.63. The summed E-state index contributed by atoms with van der Waals surface area (Å²) < 4.78 is 11.5. The zero-order valence-electron chi connectivity index (χ0n) is 13.2. The Labute approximate surface area is 153 Å². The van der Waals surface area contributed by atoms with Crippen molar-refractivity contribution in [1.82, 2.24) is 5.43 Å². The van der Waals surface area contributed by atoms with Gasteiger partial charge in [-0.05, 0) is 42.8 Å². The van der Waals surface area contributed by atoms with E-state index in [0.29, 0.717) is 34.3 Å². The second-order valence-electron chi connectivity index (χ2n) is 4.68. The number of methoxy groups -OCH3 is 1. The van der Waals surface area contributed by atoms with Gasteiger partial charge in [0.15, 0.2) is 11.5 Å². The first-order valence-electron chi connectivity index (χ1n) is 7.14. The summed E-state index contributed by atoms with van der Waals surface area (Å²) >= 11 is 9.51. The molecule has 0 aliphatic heterocycles. The van der Waals surface area contributed by atoms with E-state index in [9.17, 15) is 4.79 Å². The van der Waals surface area contributed by atoms with Crippen LogP contribution < -0.4 is 14.9 Å². The van der Waals surface area contributed by atoms with Gasteiger partial charge in [0.05, 0.1) is 25.0 Å². The van der Waals surface area contributed by atoms with Gasteiger partial charge in [-0.3, -0.25) is 4.79 Å². The molecule has 126 valence electrons. The summed E-state index contributed by atoms with van der Waals surface area (Å²) in [6.07, 6.45) is 1.49. The van der Waals surface area contributed by atoms with E-state index in [1.165, 1.54) is 13.3 Å². The third-order valence-electron chi connectivity index (χ3n) is 3.01. The highest BCUT2D eigenvalue weighted by Gasteiger charge is 2.11. The monoisotopic (exact) mass is 410 g/mol. The van der Waals surface area contributed by atoms with Gasteiger partial charge in [0.2, 0.25) is 0 Å². The SMILES string of the molecule is CCOc1c(Cl)cc(/C=N/NC(=O)c2cccc(Br)c2)cc1OC. The molecule has 0 heterocycles. The molecule has 0 bridgehead atoms. The average molecular weight is 412 g/mol. The van der Waals surface area contributed by atoms with Crippen molar-refractivity contribution in [3.63, 3.8) is 0 Å². The lowest BCUT2D eigenvalue weighted by molar-refractivity contribution is 0.0955. The van der Waals surface area contributed by atoms with E-state index >= 15 is 0 Å². The molecule has 0 saturated heterocycles. The highest BCUT2D eigenvalue weighted by molar-refractivity contribution is 9.10. The molecule has 1 amide bonds. The number of nitrogens with one attached hydrogen (secondary N) is 1. The Hall–Kier alpha value is -2.05. The normalized spacial score (nSPS) is 10.7. The van der Waals surface area contributed by atoms with Crippen molar-refractivity contribution in [2.75, 3.05) is 13.7 Å². The van der Waals surface area contributed by atoms with Crippen LogP contribution in [0.4, 0.5) is 0 Å². The molecule has 0 aliphatic rings. The van der Waals surface area contributed by atoms with Crippen LogP contribution in [0.25, 0.3) is 0 Å². The minimum Gasteiger partial charge on any atom is -0.493 e. The summed E-state index contributed by atoms with van der Waals surface area (Å²) in [4.78, 5) is 12.0. The molecule has 1 N–H and O–H groups in total. The predicted octanol–water partition coefficient (Wildman–Crippen LogP) is 4.27. The maximum atomic E-state index is 12.0. The summed E-state index contributed by atoms with van der Waals surface area (Å²) in [6, 6.07) is 10.4. The maximum Gasteiger partial charge on any atom is 0.271 e. The van der Waals surface area contributed by atoms with Gasteiger partial charge in [0, 0.05) is 10.0 Å². The maximum absolute atomic E-state index is 12.0. The minimum absolute atomic E-state index is 0.309. The highest BCUT2D eigenvalue weighted by atomic mass is 79.9. The van der Waals surface area contributed by atoms with Gasteiger partial charge in [-0.25, -0.2) is 5.43 Å². The number of amides is 1. The molecular weight excluding hydrogens is 396 g/mol. The summed E-state index contributed by atoms with van der Waals surface area (Å²) in [5.41, 5.74) is 3.65. The van der Waals surface area contributed by atoms with Gasteiger partial charge in [-0.15, -0.1) is 0 Å². The summed E-state index contributed by atoms with van der Waals surface area (Å²) in [6.45, 7) is 2.34. The molecule has 0 unspecified atom stereocenters. The van der Waals surface area contributed by atoms with Gasteiger partial charge < -0.3 is 9.47 Å². The molecule has 0 aliphatic carbocycles. The molecule has 5 nitrogen and oxygen atoms in total.